The third-order valence-corrected chi connectivity index (χ3v) is 6.68. The van der Waals surface area contributed by atoms with E-state index in [2.05, 4.69) is 15.2 Å². The molecule has 3 aromatic rings. The van der Waals surface area contributed by atoms with Crippen molar-refractivity contribution in [2.75, 3.05) is 57.6 Å². The van der Waals surface area contributed by atoms with Gasteiger partial charge in [-0.2, -0.15) is 4.39 Å². The molecule has 0 atom stereocenters. The van der Waals surface area contributed by atoms with Gasteiger partial charge in [0.15, 0.2) is 0 Å². The number of hydrogen-bond donors (Lipinski definition) is 2. The smallest absolute Gasteiger partial charge is 0.251 e. The fourth-order valence-electron chi connectivity index (χ4n) is 4.91. The summed E-state index contributed by atoms with van der Waals surface area (Å²) in [5, 5.41) is 2.82. The van der Waals surface area contributed by atoms with E-state index in [9.17, 15) is 4.79 Å². The summed E-state index contributed by atoms with van der Waals surface area (Å²) in [6.45, 7) is 3.39. The minimum absolute atomic E-state index is 0.00956. The number of hydrogen-bond acceptors (Lipinski definition) is 6. The van der Waals surface area contributed by atoms with Crippen molar-refractivity contribution < 1.29 is 18.3 Å². The molecule has 2 aliphatic heterocycles. The number of nitrogen functional groups attached to an aromatic ring is 1. The molecule has 0 unspecified atom stereocenters. The van der Waals surface area contributed by atoms with Crippen LogP contribution in [0.25, 0.3) is 22.3 Å². The molecular weight excluding hydrogens is 464 g/mol. The lowest BCUT2D eigenvalue weighted by molar-refractivity contribution is 0.0946. The van der Waals surface area contributed by atoms with E-state index < -0.39 is 11.8 Å². The number of aromatic nitrogens is 1. The Labute approximate surface area is 208 Å². The van der Waals surface area contributed by atoms with Crippen molar-refractivity contribution >= 4 is 17.4 Å². The molecule has 36 heavy (non-hydrogen) atoms. The summed E-state index contributed by atoms with van der Waals surface area (Å²) in [6, 6.07) is 10.4. The van der Waals surface area contributed by atoms with Crippen molar-refractivity contribution in [2.24, 2.45) is 0 Å². The lowest BCUT2D eigenvalue weighted by atomic mass is 9.93. The van der Waals surface area contributed by atoms with Crippen LogP contribution in [0.2, 0.25) is 0 Å². The molecule has 0 radical (unpaired) electrons. The van der Waals surface area contributed by atoms with Crippen molar-refractivity contribution in [3.05, 3.63) is 64.9 Å². The fourth-order valence-corrected chi connectivity index (χ4v) is 4.91. The van der Waals surface area contributed by atoms with Crippen LogP contribution in [0, 0.1) is 11.8 Å². The number of nitrogens with zero attached hydrogens (tertiary/aromatic N) is 3. The first-order chi connectivity index (χ1) is 17.3. The molecular formula is C27H29F2N5O2. The highest BCUT2D eigenvalue weighted by molar-refractivity contribution is 5.97. The topological polar surface area (TPSA) is 83.7 Å². The molecule has 1 fully saturated rings. The van der Waals surface area contributed by atoms with E-state index in [-0.39, 0.29) is 22.9 Å². The van der Waals surface area contributed by atoms with E-state index in [4.69, 9.17) is 10.5 Å². The summed E-state index contributed by atoms with van der Waals surface area (Å²) in [5.41, 5.74) is 10.3. The third kappa shape index (κ3) is 4.52. The van der Waals surface area contributed by atoms with Gasteiger partial charge in [0, 0.05) is 59.7 Å². The van der Waals surface area contributed by atoms with Crippen molar-refractivity contribution in [3.8, 4) is 22.3 Å². The first kappa shape index (κ1) is 24.1. The Hall–Kier alpha value is -3.56. The average molecular weight is 494 g/mol. The highest BCUT2D eigenvalue weighted by Gasteiger charge is 2.24. The van der Waals surface area contributed by atoms with Crippen LogP contribution >= 0.6 is 0 Å². The number of pyridine rings is 1. The van der Waals surface area contributed by atoms with E-state index in [1.165, 1.54) is 0 Å². The minimum Gasteiger partial charge on any atom is -0.383 e. The monoisotopic (exact) mass is 493 g/mol. The van der Waals surface area contributed by atoms with Gasteiger partial charge in [-0.25, -0.2) is 9.37 Å². The van der Waals surface area contributed by atoms with Crippen LogP contribution in [-0.4, -0.2) is 62.7 Å². The molecule has 7 nitrogen and oxygen atoms in total. The molecule has 1 saturated heterocycles. The van der Waals surface area contributed by atoms with Crippen molar-refractivity contribution in [1.29, 1.82) is 0 Å². The van der Waals surface area contributed by atoms with Crippen molar-refractivity contribution in [1.82, 2.24) is 15.2 Å². The zero-order valence-corrected chi connectivity index (χ0v) is 20.4. The lowest BCUT2D eigenvalue weighted by Crippen LogP contribution is -2.37. The van der Waals surface area contributed by atoms with Crippen LogP contribution in [0.1, 0.15) is 21.5 Å². The summed E-state index contributed by atoms with van der Waals surface area (Å²) in [5.74, 6) is -1.42. The maximum Gasteiger partial charge on any atom is 0.251 e. The van der Waals surface area contributed by atoms with Gasteiger partial charge in [0.05, 0.1) is 13.2 Å². The van der Waals surface area contributed by atoms with Gasteiger partial charge in [-0.1, -0.05) is 12.1 Å². The lowest BCUT2D eigenvalue weighted by Gasteiger charge is -2.31. The molecule has 188 valence electrons. The molecule has 3 N–H and O–H groups in total. The Kier molecular flexibility index (Phi) is 6.59. The molecule has 9 heteroatoms. The summed E-state index contributed by atoms with van der Waals surface area (Å²) in [4.78, 5) is 20.0. The SMILES string of the molecule is CN(C)Cc1c(N2CCOCC2)ccc(-c2cc(-c3ccc4c(c3)CCNC4=O)c(N)nc2F)c1F. The Bertz CT molecular complexity index is 1320. The standard InChI is InChI=1S/C27H29F2N5O2/c1-33(2)15-22-23(34-9-11-36-12-10-34)6-5-19(24(22)28)21-14-20(26(30)32-25(21)29)16-3-4-18-17(13-16)7-8-31-27(18)35/h3-6,13-14H,7-12,15H2,1-2H3,(H2,30,32)(H,31,35). The fraction of sp³-hybridized carbons (Fsp3) is 0.333. The Morgan fingerprint density at radius 3 is 2.56 bits per heavy atom. The molecule has 0 bridgehead atoms. The number of fused-ring (bicyclic) bond motifs is 1. The second-order valence-corrected chi connectivity index (χ2v) is 9.40. The summed E-state index contributed by atoms with van der Waals surface area (Å²) < 4.78 is 36.7. The highest BCUT2D eigenvalue weighted by atomic mass is 19.1. The van der Waals surface area contributed by atoms with Gasteiger partial charge < -0.3 is 25.6 Å². The first-order valence-electron chi connectivity index (χ1n) is 12.0. The van der Waals surface area contributed by atoms with Gasteiger partial charge in [-0.05, 0) is 55.9 Å². The average Bonchev–Trinajstić information content (AvgIpc) is 2.86. The number of morpholine rings is 1. The van der Waals surface area contributed by atoms with E-state index in [1.807, 2.05) is 31.1 Å². The maximum atomic E-state index is 16.1. The molecule has 1 aromatic heterocycles. The number of ether oxygens (including phenoxy) is 1. The maximum absolute atomic E-state index is 16.1. The Morgan fingerprint density at radius 1 is 1.06 bits per heavy atom. The van der Waals surface area contributed by atoms with Crippen LogP contribution in [0.5, 0.6) is 0 Å². The van der Waals surface area contributed by atoms with Crippen LogP contribution < -0.4 is 16.0 Å². The molecule has 5 rings (SSSR count). The third-order valence-electron chi connectivity index (χ3n) is 6.68. The molecule has 0 aliphatic carbocycles. The Morgan fingerprint density at radius 2 is 1.81 bits per heavy atom. The number of carbonyl (C=O) groups excluding carboxylic acids is 1. The Balaban J connectivity index is 1.61. The predicted octanol–water partition coefficient (Wildman–Crippen LogP) is 3.46. The quantitative estimate of drug-likeness (QED) is 0.530. The van der Waals surface area contributed by atoms with Gasteiger partial charge in [-0.15, -0.1) is 0 Å². The van der Waals surface area contributed by atoms with E-state index in [0.29, 0.717) is 68.1 Å². The number of halogens is 2. The second-order valence-electron chi connectivity index (χ2n) is 9.40. The number of nitrogens with one attached hydrogen (secondary N) is 1. The van der Waals surface area contributed by atoms with Gasteiger partial charge in [0.2, 0.25) is 5.95 Å². The normalized spacial score (nSPS) is 15.7. The summed E-state index contributed by atoms with van der Waals surface area (Å²) >= 11 is 0. The zero-order valence-electron chi connectivity index (χ0n) is 20.4. The number of anilines is 2. The molecule has 0 saturated carbocycles. The van der Waals surface area contributed by atoms with Gasteiger partial charge in [-0.3, -0.25) is 4.79 Å². The van der Waals surface area contributed by atoms with Crippen molar-refractivity contribution in [3.63, 3.8) is 0 Å². The van der Waals surface area contributed by atoms with Crippen LogP contribution in [0.4, 0.5) is 20.3 Å². The summed E-state index contributed by atoms with van der Waals surface area (Å²) in [6.07, 6.45) is 0.682. The van der Waals surface area contributed by atoms with E-state index in [1.54, 1.807) is 24.3 Å². The molecule has 2 aliphatic rings. The van der Waals surface area contributed by atoms with Crippen LogP contribution in [-0.2, 0) is 17.7 Å². The largest absolute Gasteiger partial charge is 0.383 e. The number of nitrogens with two attached hydrogens (primary N) is 1. The number of amides is 1. The molecule has 1 amide bonds. The van der Waals surface area contributed by atoms with Gasteiger partial charge >= 0.3 is 0 Å². The molecule has 0 spiro atoms. The second kappa shape index (κ2) is 9.83. The van der Waals surface area contributed by atoms with E-state index in [0.717, 1.165) is 11.3 Å². The number of rotatable bonds is 5. The van der Waals surface area contributed by atoms with Crippen LogP contribution in [0.15, 0.2) is 36.4 Å². The van der Waals surface area contributed by atoms with Gasteiger partial charge in [0.1, 0.15) is 11.6 Å². The molecule has 3 heterocycles. The predicted molar refractivity (Wildman–Crippen MR) is 136 cm³/mol. The highest BCUT2D eigenvalue weighted by Crippen LogP contribution is 2.37. The zero-order chi connectivity index (χ0) is 25.4. The first-order valence-corrected chi connectivity index (χ1v) is 12.0. The van der Waals surface area contributed by atoms with Crippen LogP contribution in [0.3, 0.4) is 0 Å². The minimum atomic E-state index is -0.831. The summed E-state index contributed by atoms with van der Waals surface area (Å²) in [7, 11) is 3.74. The number of carbonyl (C=O) groups is 1. The van der Waals surface area contributed by atoms with Gasteiger partial charge in [0.25, 0.3) is 5.91 Å². The number of benzene rings is 2. The van der Waals surface area contributed by atoms with E-state index >= 15 is 8.78 Å². The van der Waals surface area contributed by atoms with Crippen molar-refractivity contribution in [2.45, 2.75) is 13.0 Å². The molecule has 2 aromatic carbocycles.